The third-order valence-corrected chi connectivity index (χ3v) is 3.60. The van der Waals surface area contributed by atoms with E-state index >= 15 is 0 Å². The van der Waals surface area contributed by atoms with Crippen molar-refractivity contribution < 1.29 is 29.3 Å². The Morgan fingerprint density at radius 1 is 1.05 bits per heavy atom. The number of hydrogen-bond donors (Lipinski definition) is 2. The van der Waals surface area contributed by atoms with Gasteiger partial charge in [-0.1, -0.05) is 32.0 Å². The van der Waals surface area contributed by atoms with Gasteiger partial charge in [0.05, 0.1) is 0 Å². The quantitative estimate of drug-likeness (QED) is 0.859. The minimum Gasteiger partial charge on any atom is -0.479 e. The third-order valence-electron chi connectivity index (χ3n) is 3.60. The largest absolute Gasteiger partial charge is 0.479 e. The van der Waals surface area contributed by atoms with Crippen molar-refractivity contribution in [2.24, 2.45) is 0 Å². The van der Waals surface area contributed by atoms with Crippen LogP contribution in [0.5, 0.6) is 0 Å². The molecule has 0 aliphatic carbocycles. The molecule has 0 spiro atoms. The van der Waals surface area contributed by atoms with Crippen LogP contribution in [-0.4, -0.2) is 34.4 Å². The topological polar surface area (TPSA) is 93.1 Å². The molecule has 6 heteroatoms. The number of benzene rings is 1. The van der Waals surface area contributed by atoms with Gasteiger partial charge in [-0.05, 0) is 24.0 Å². The molecule has 6 nitrogen and oxygen atoms in total. The lowest BCUT2D eigenvalue weighted by atomic mass is 9.97. The zero-order chi connectivity index (χ0) is 15.6. The molecule has 0 aromatic heterocycles. The monoisotopic (exact) mass is 294 g/mol. The molecule has 21 heavy (non-hydrogen) atoms. The lowest BCUT2D eigenvalue weighted by Gasteiger charge is -2.17. The summed E-state index contributed by atoms with van der Waals surface area (Å²) in [5.74, 6) is -2.68. The first-order valence-corrected chi connectivity index (χ1v) is 6.86. The van der Waals surface area contributed by atoms with Crippen LogP contribution >= 0.6 is 0 Å². The predicted molar refractivity (Wildman–Crippen MR) is 73.0 cm³/mol. The summed E-state index contributed by atoms with van der Waals surface area (Å²) in [6.07, 6.45) is -2.40. The number of hydrogen-bond acceptors (Lipinski definition) is 4. The summed E-state index contributed by atoms with van der Waals surface area (Å²) in [6.45, 7) is 4.01. The Hall–Kier alpha value is -1.92. The fraction of sp³-hybridized carbons (Fsp3) is 0.467. The van der Waals surface area contributed by atoms with Gasteiger partial charge in [-0.2, -0.15) is 0 Å². The molecule has 0 saturated carbocycles. The van der Waals surface area contributed by atoms with E-state index < -0.39 is 30.4 Å². The zero-order valence-electron chi connectivity index (χ0n) is 11.9. The van der Waals surface area contributed by atoms with Crippen molar-refractivity contribution in [3.63, 3.8) is 0 Å². The first-order chi connectivity index (χ1) is 9.99. The van der Waals surface area contributed by atoms with Crippen molar-refractivity contribution in [1.29, 1.82) is 0 Å². The maximum atomic E-state index is 11.1. The molecule has 0 amide bonds. The van der Waals surface area contributed by atoms with Gasteiger partial charge in [0, 0.05) is 5.56 Å². The van der Waals surface area contributed by atoms with Crippen LogP contribution in [0.1, 0.15) is 36.8 Å². The first-order valence-electron chi connectivity index (χ1n) is 6.86. The molecule has 114 valence electrons. The van der Waals surface area contributed by atoms with E-state index in [0.717, 1.165) is 24.0 Å². The lowest BCUT2D eigenvalue weighted by Crippen LogP contribution is -2.36. The summed E-state index contributed by atoms with van der Waals surface area (Å²) in [7, 11) is 0. The number of carbonyl (C=O) groups is 2. The van der Waals surface area contributed by atoms with Crippen LogP contribution in [0, 0.1) is 0 Å². The molecular formula is C15H18O6. The zero-order valence-corrected chi connectivity index (χ0v) is 11.9. The highest BCUT2D eigenvalue weighted by Crippen LogP contribution is 2.34. The van der Waals surface area contributed by atoms with E-state index in [1.54, 1.807) is 6.07 Å². The van der Waals surface area contributed by atoms with Gasteiger partial charge in [0.25, 0.3) is 0 Å². The number of aryl methyl sites for hydroxylation is 1. The Kier molecular flexibility index (Phi) is 4.59. The molecule has 2 N–H and O–H groups in total. The fourth-order valence-electron chi connectivity index (χ4n) is 2.60. The highest BCUT2D eigenvalue weighted by molar-refractivity contribution is 5.84. The van der Waals surface area contributed by atoms with Crippen molar-refractivity contribution in [3.05, 3.63) is 34.9 Å². The molecule has 1 aromatic rings. The molecule has 0 unspecified atom stereocenters. The molecule has 2 rings (SSSR count). The number of ether oxygens (including phenoxy) is 2. The van der Waals surface area contributed by atoms with Crippen LogP contribution in [0.15, 0.2) is 18.2 Å². The molecule has 1 fully saturated rings. The standard InChI is InChI=1S/C15H18O6/c1-3-8-6-5-7-10(9(8)4-2)15-20-11(13(16)17)12(21-15)14(18)19/h5-7,11-12,15H,3-4H2,1-2H3,(H,16,17)(H,18,19)/t11-,12-/m0/s1. The van der Waals surface area contributed by atoms with E-state index in [9.17, 15) is 9.59 Å². The average molecular weight is 294 g/mol. The molecule has 1 heterocycles. The third kappa shape index (κ3) is 2.91. The Labute approximate surface area is 122 Å². The summed E-state index contributed by atoms with van der Waals surface area (Å²) in [5.41, 5.74) is 2.83. The summed E-state index contributed by atoms with van der Waals surface area (Å²) < 4.78 is 10.6. The first kappa shape index (κ1) is 15.5. The van der Waals surface area contributed by atoms with Crippen molar-refractivity contribution in [2.75, 3.05) is 0 Å². The van der Waals surface area contributed by atoms with Crippen molar-refractivity contribution in [1.82, 2.24) is 0 Å². The Balaban J connectivity index is 2.36. The molecular weight excluding hydrogens is 276 g/mol. The maximum Gasteiger partial charge on any atom is 0.336 e. The maximum absolute atomic E-state index is 11.1. The van der Waals surface area contributed by atoms with Gasteiger partial charge in [0.15, 0.2) is 18.5 Å². The van der Waals surface area contributed by atoms with Crippen molar-refractivity contribution in [3.8, 4) is 0 Å². The normalized spacial score (nSPS) is 22.4. The van der Waals surface area contributed by atoms with E-state index in [1.807, 2.05) is 26.0 Å². The minimum atomic E-state index is -1.50. The Morgan fingerprint density at radius 3 is 2.05 bits per heavy atom. The second kappa shape index (κ2) is 6.24. The van der Waals surface area contributed by atoms with Gasteiger partial charge in [-0.25, -0.2) is 9.59 Å². The molecule has 2 atom stereocenters. The molecule has 0 bridgehead atoms. The summed E-state index contributed by atoms with van der Waals surface area (Å²) in [6, 6.07) is 5.61. The molecule has 0 radical (unpaired) electrons. The van der Waals surface area contributed by atoms with E-state index in [2.05, 4.69) is 0 Å². The van der Waals surface area contributed by atoms with Crippen LogP contribution in [-0.2, 0) is 31.9 Å². The van der Waals surface area contributed by atoms with Crippen LogP contribution in [0.25, 0.3) is 0 Å². The van der Waals surface area contributed by atoms with E-state index in [1.165, 1.54) is 0 Å². The van der Waals surface area contributed by atoms with Crippen molar-refractivity contribution in [2.45, 2.75) is 45.2 Å². The molecule has 1 aliphatic rings. The predicted octanol–water partition coefficient (Wildman–Crippen LogP) is 1.76. The Bertz CT molecular complexity index is 531. The van der Waals surface area contributed by atoms with E-state index in [0.29, 0.717) is 5.56 Å². The second-order valence-corrected chi connectivity index (χ2v) is 4.81. The molecule has 1 saturated heterocycles. The van der Waals surface area contributed by atoms with Gasteiger partial charge in [0.1, 0.15) is 0 Å². The van der Waals surface area contributed by atoms with Crippen LogP contribution in [0.3, 0.4) is 0 Å². The van der Waals surface area contributed by atoms with Crippen LogP contribution in [0.4, 0.5) is 0 Å². The smallest absolute Gasteiger partial charge is 0.336 e. The second-order valence-electron chi connectivity index (χ2n) is 4.81. The highest BCUT2D eigenvalue weighted by Gasteiger charge is 2.46. The highest BCUT2D eigenvalue weighted by atomic mass is 16.7. The average Bonchev–Trinajstić information content (AvgIpc) is 2.91. The lowest BCUT2D eigenvalue weighted by molar-refractivity contribution is -0.156. The molecule has 1 aromatic carbocycles. The van der Waals surface area contributed by atoms with E-state index in [4.69, 9.17) is 19.7 Å². The van der Waals surface area contributed by atoms with Crippen molar-refractivity contribution >= 4 is 11.9 Å². The number of carboxylic acids is 2. The summed E-state index contributed by atoms with van der Waals surface area (Å²) in [4.78, 5) is 22.2. The van der Waals surface area contributed by atoms with Gasteiger partial charge in [-0.15, -0.1) is 0 Å². The summed E-state index contributed by atoms with van der Waals surface area (Å²) in [5, 5.41) is 18.1. The van der Waals surface area contributed by atoms with Gasteiger partial charge < -0.3 is 19.7 Å². The van der Waals surface area contributed by atoms with E-state index in [-0.39, 0.29) is 0 Å². The van der Waals surface area contributed by atoms with Crippen LogP contribution < -0.4 is 0 Å². The van der Waals surface area contributed by atoms with Gasteiger partial charge in [0.2, 0.25) is 0 Å². The fourth-order valence-corrected chi connectivity index (χ4v) is 2.60. The Morgan fingerprint density at radius 2 is 1.62 bits per heavy atom. The van der Waals surface area contributed by atoms with Gasteiger partial charge in [-0.3, -0.25) is 0 Å². The van der Waals surface area contributed by atoms with Crippen LogP contribution in [0.2, 0.25) is 0 Å². The number of rotatable bonds is 5. The molecule has 1 aliphatic heterocycles. The van der Waals surface area contributed by atoms with Gasteiger partial charge >= 0.3 is 11.9 Å². The minimum absolute atomic E-state index is 0.701. The SMILES string of the molecule is CCc1cccc(C2O[C@H](C(=O)O)[C@@H](C(=O)O)O2)c1CC. The number of aliphatic carboxylic acids is 2. The summed E-state index contributed by atoms with van der Waals surface area (Å²) >= 11 is 0. The number of carboxylic acid groups (broad SMARTS) is 2.